The molecule has 1 aromatic carbocycles. The van der Waals surface area contributed by atoms with Crippen molar-refractivity contribution in [1.82, 2.24) is 15.6 Å². The van der Waals surface area contributed by atoms with E-state index < -0.39 is 5.91 Å². The highest BCUT2D eigenvalue weighted by molar-refractivity contribution is 7.11. The lowest BCUT2D eigenvalue weighted by Crippen LogP contribution is -2.17. The van der Waals surface area contributed by atoms with E-state index in [9.17, 15) is 9.18 Å². The second-order valence-electron chi connectivity index (χ2n) is 4.84. The molecule has 0 atom stereocenters. The van der Waals surface area contributed by atoms with Crippen LogP contribution < -0.4 is 5.43 Å². The number of carbonyl (C=O) groups excluding carboxylic acids is 1. The number of aromatic nitrogens is 2. The number of carbonyl (C=O) groups is 1. The van der Waals surface area contributed by atoms with Gasteiger partial charge in [0.15, 0.2) is 0 Å². The van der Waals surface area contributed by atoms with Crippen LogP contribution in [0.1, 0.15) is 20.9 Å². The summed E-state index contributed by atoms with van der Waals surface area (Å²) in [4.78, 5) is 13.0. The molecule has 0 aliphatic heterocycles. The standard InChI is InChI=1S/C16H13FN4OS/c1-10-6-7-23-15(10)9-18-21-16(22)14-8-13(19-20-14)11-2-4-12(17)5-3-11/h2-9H,1H3,(H,19,20)(H,21,22). The third-order valence-corrected chi connectivity index (χ3v) is 4.17. The van der Waals surface area contributed by atoms with Gasteiger partial charge in [0.05, 0.1) is 11.9 Å². The number of rotatable bonds is 4. The normalized spacial score (nSPS) is 11.0. The lowest BCUT2D eigenvalue weighted by Gasteiger charge is -1.95. The summed E-state index contributed by atoms with van der Waals surface area (Å²) in [7, 11) is 0. The summed E-state index contributed by atoms with van der Waals surface area (Å²) in [6.07, 6.45) is 1.61. The monoisotopic (exact) mass is 328 g/mol. The lowest BCUT2D eigenvalue weighted by molar-refractivity contribution is 0.0950. The van der Waals surface area contributed by atoms with E-state index in [0.717, 1.165) is 16.0 Å². The van der Waals surface area contributed by atoms with Crippen molar-refractivity contribution in [2.24, 2.45) is 5.10 Å². The maximum Gasteiger partial charge on any atom is 0.289 e. The van der Waals surface area contributed by atoms with Gasteiger partial charge in [0, 0.05) is 10.4 Å². The Hall–Kier alpha value is -2.80. The molecule has 7 heteroatoms. The Morgan fingerprint density at radius 3 is 2.83 bits per heavy atom. The van der Waals surface area contributed by atoms with Crippen molar-refractivity contribution in [3.8, 4) is 11.3 Å². The Morgan fingerprint density at radius 2 is 2.13 bits per heavy atom. The molecule has 0 spiro atoms. The minimum Gasteiger partial charge on any atom is -0.272 e. The summed E-state index contributed by atoms with van der Waals surface area (Å²) in [5.41, 5.74) is 5.12. The number of H-pyrrole nitrogens is 1. The highest BCUT2D eigenvalue weighted by Gasteiger charge is 2.10. The number of benzene rings is 1. The Morgan fingerprint density at radius 1 is 1.35 bits per heavy atom. The van der Waals surface area contributed by atoms with Crippen molar-refractivity contribution in [1.29, 1.82) is 0 Å². The van der Waals surface area contributed by atoms with E-state index in [4.69, 9.17) is 0 Å². The van der Waals surface area contributed by atoms with E-state index in [1.807, 2.05) is 18.4 Å². The van der Waals surface area contributed by atoms with Gasteiger partial charge >= 0.3 is 0 Å². The molecule has 0 saturated carbocycles. The largest absolute Gasteiger partial charge is 0.289 e. The molecule has 1 amide bonds. The summed E-state index contributed by atoms with van der Waals surface area (Å²) in [5.74, 6) is -0.711. The summed E-state index contributed by atoms with van der Waals surface area (Å²) >= 11 is 1.55. The molecule has 2 heterocycles. The number of hydrogen-bond acceptors (Lipinski definition) is 4. The molecular weight excluding hydrogens is 315 g/mol. The van der Waals surface area contributed by atoms with E-state index >= 15 is 0 Å². The molecule has 23 heavy (non-hydrogen) atoms. The highest BCUT2D eigenvalue weighted by Crippen LogP contribution is 2.18. The highest BCUT2D eigenvalue weighted by atomic mass is 32.1. The van der Waals surface area contributed by atoms with Gasteiger partial charge in [-0.2, -0.15) is 10.2 Å². The van der Waals surface area contributed by atoms with Gasteiger partial charge in [-0.15, -0.1) is 11.3 Å². The average molecular weight is 328 g/mol. The van der Waals surface area contributed by atoms with E-state index in [2.05, 4.69) is 20.7 Å². The number of thiophene rings is 1. The molecule has 2 aromatic heterocycles. The summed E-state index contributed by atoms with van der Waals surface area (Å²) in [5, 5.41) is 12.6. The van der Waals surface area contributed by atoms with Gasteiger partial charge in [-0.3, -0.25) is 9.89 Å². The van der Waals surface area contributed by atoms with Crippen LogP contribution in [0.4, 0.5) is 4.39 Å². The third-order valence-electron chi connectivity index (χ3n) is 3.21. The van der Waals surface area contributed by atoms with Crippen LogP contribution in [-0.2, 0) is 0 Å². The van der Waals surface area contributed by atoms with Crippen molar-refractivity contribution in [3.05, 3.63) is 63.7 Å². The zero-order valence-electron chi connectivity index (χ0n) is 12.2. The molecule has 0 fully saturated rings. The topological polar surface area (TPSA) is 70.1 Å². The fourth-order valence-electron chi connectivity index (χ4n) is 1.93. The SMILES string of the molecule is Cc1ccsc1C=NNC(=O)c1cc(-c2ccc(F)cc2)n[nH]1. The third kappa shape index (κ3) is 3.51. The van der Waals surface area contributed by atoms with Crippen LogP contribution in [0, 0.1) is 12.7 Å². The molecule has 0 bridgehead atoms. The van der Waals surface area contributed by atoms with Crippen LogP contribution in [0.3, 0.4) is 0 Å². The zero-order chi connectivity index (χ0) is 16.2. The van der Waals surface area contributed by atoms with Crippen LogP contribution in [0.2, 0.25) is 0 Å². The molecule has 0 radical (unpaired) electrons. The van der Waals surface area contributed by atoms with Crippen LogP contribution in [0.15, 0.2) is 46.9 Å². The van der Waals surface area contributed by atoms with Crippen LogP contribution in [0.5, 0.6) is 0 Å². The van der Waals surface area contributed by atoms with E-state index in [-0.39, 0.29) is 11.5 Å². The Balaban J connectivity index is 1.68. The van der Waals surface area contributed by atoms with Crippen LogP contribution in [0.25, 0.3) is 11.3 Å². The van der Waals surface area contributed by atoms with Gasteiger partial charge in [0.1, 0.15) is 11.5 Å². The van der Waals surface area contributed by atoms with Gasteiger partial charge in [-0.25, -0.2) is 9.82 Å². The number of halogens is 1. The molecule has 3 rings (SSSR count). The molecule has 0 aliphatic rings. The number of nitrogens with one attached hydrogen (secondary N) is 2. The summed E-state index contributed by atoms with van der Waals surface area (Å²) < 4.78 is 12.9. The average Bonchev–Trinajstić information content (AvgIpc) is 3.18. The van der Waals surface area contributed by atoms with Gasteiger partial charge in [-0.1, -0.05) is 0 Å². The van der Waals surface area contributed by atoms with E-state index in [0.29, 0.717) is 5.69 Å². The number of aromatic amines is 1. The first-order valence-corrected chi connectivity index (χ1v) is 7.70. The number of amides is 1. The molecule has 0 unspecified atom stereocenters. The molecule has 116 valence electrons. The van der Waals surface area contributed by atoms with Crippen molar-refractivity contribution in [2.45, 2.75) is 6.92 Å². The molecule has 0 aliphatic carbocycles. The van der Waals surface area contributed by atoms with Crippen molar-refractivity contribution >= 4 is 23.5 Å². The fourth-order valence-corrected chi connectivity index (χ4v) is 2.72. The second-order valence-corrected chi connectivity index (χ2v) is 5.79. The Kier molecular flexibility index (Phi) is 4.29. The van der Waals surface area contributed by atoms with Gasteiger partial charge in [0.2, 0.25) is 0 Å². The first-order chi connectivity index (χ1) is 11.1. The number of hydrogen-bond donors (Lipinski definition) is 2. The first kappa shape index (κ1) is 15.1. The van der Waals surface area contributed by atoms with Crippen molar-refractivity contribution in [2.75, 3.05) is 0 Å². The molecule has 0 saturated heterocycles. The minimum atomic E-state index is -0.392. The lowest BCUT2D eigenvalue weighted by atomic mass is 10.1. The number of nitrogens with zero attached hydrogens (tertiary/aromatic N) is 2. The van der Waals surface area contributed by atoms with Crippen LogP contribution in [-0.4, -0.2) is 22.3 Å². The quantitative estimate of drug-likeness (QED) is 0.569. The van der Waals surface area contributed by atoms with E-state index in [1.54, 1.807) is 35.8 Å². The first-order valence-electron chi connectivity index (χ1n) is 6.82. The van der Waals surface area contributed by atoms with Crippen molar-refractivity contribution < 1.29 is 9.18 Å². The number of hydrazone groups is 1. The maximum atomic E-state index is 12.9. The molecule has 3 aromatic rings. The zero-order valence-corrected chi connectivity index (χ0v) is 13.0. The predicted octanol–water partition coefficient (Wildman–Crippen LogP) is 3.35. The molecular formula is C16H13FN4OS. The van der Waals surface area contributed by atoms with Gasteiger partial charge in [0.25, 0.3) is 5.91 Å². The Labute approximate surface area is 135 Å². The second kappa shape index (κ2) is 6.53. The van der Waals surface area contributed by atoms with Crippen LogP contribution >= 0.6 is 11.3 Å². The number of aryl methyl sites for hydroxylation is 1. The summed E-state index contributed by atoms with van der Waals surface area (Å²) in [6, 6.07) is 9.47. The predicted molar refractivity (Wildman–Crippen MR) is 88.1 cm³/mol. The maximum absolute atomic E-state index is 12.9. The fraction of sp³-hybridized carbons (Fsp3) is 0.0625. The van der Waals surface area contributed by atoms with Crippen molar-refractivity contribution in [3.63, 3.8) is 0 Å². The minimum absolute atomic E-state index is 0.282. The smallest absolute Gasteiger partial charge is 0.272 e. The molecule has 2 N–H and O–H groups in total. The summed E-state index contributed by atoms with van der Waals surface area (Å²) in [6.45, 7) is 1.98. The van der Waals surface area contributed by atoms with Gasteiger partial charge < -0.3 is 0 Å². The molecule has 5 nitrogen and oxygen atoms in total. The van der Waals surface area contributed by atoms with Gasteiger partial charge in [-0.05, 0) is 54.3 Å². The van der Waals surface area contributed by atoms with E-state index in [1.165, 1.54) is 12.1 Å². The Bertz CT molecular complexity index is 851.